The summed E-state index contributed by atoms with van der Waals surface area (Å²) in [5, 5.41) is 0. The largest absolute Gasteiger partial charge is 0.320 e. The molecule has 3 N–H and O–H groups in total. The Hall–Kier alpha value is -1.49. The molecule has 0 saturated carbocycles. The SMILES string of the molecule is Cc1ccc(S(=O)(=O)NCC(F)F)c(C#CCN)c1. The van der Waals surface area contributed by atoms with Gasteiger partial charge in [-0.1, -0.05) is 17.9 Å². The van der Waals surface area contributed by atoms with Crippen molar-refractivity contribution in [3.63, 3.8) is 0 Å². The Balaban J connectivity index is 3.18. The highest BCUT2D eigenvalue weighted by Gasteiger charge is 2.19. The molecule has 0 heterocycles. The van der Waals surface area contributed by atoms with Crippen molar-refractivity contribution in [2.24, 2.45) is 5.73 Å². The molecule has 0 radical (unpaired) electrons. The Kier molecular flexibility index (Phi) is 5.42. The van der Waals surface area contributed by atoms with Crippen molar-refractivity contribution >= 4 is 10.0 Å². The van der Waals surface area contributed by atoms with Gasteiger partial charge < -0.3 is 5.73 Å². The third-order valence-electron chi connectivity index (χ3n) is 2.18. The fraction of sp³-hybridized carbons (Fsp3) is 0.333. The maximum atomic E-state index is 12.1. The minimum absolute atomic E-state index is 0.0812. The van der Waals surface area contributed by atoms with Gasteiger partial charge in [-0.3, -0.25) is 0 Å². The van der Waals surface area contributed by atoms with E-state index in [2.05, 4.69) is 11.8 Å². The van der Waals surface area contributed by atoms with Gasteiger partial charge in [0.25, 0.3) is 6.43 Å². The maximum Gasteiger partial charge on any atom is 0.251 e. The molecular formula is C12H14F2N2O2S. The normalized spacial score (nSPS) is 11.2. The van der Waals surface area contributed by atoms with E-state index < -0.39 is 23.0 Å². The summed E-state index contributed by atoms with van der Waals surface area (Å²) in [6.45, 7) is 0.925. The summed E-state index contributed by atoms with van der Waals surface area (Å²) in [6.07, 6.45) is -2.75. The summed E-state index contributed by atoms with van der Waals surface area (Å²) >= 11 is 0. The van der Waals surface area contributed by atoms with Crippen molar-refractivity contribution < 1.29 is 17.2 Å². The number of nitrogens with two attached hydrogens (primary N) is 1. The molecule has 1 aromatic carbocycles. The zero-order valence-electron chi connectivity index (χ0n) is 10.3. The van der Waals surface area contributed by atoms with Crippen molar-refractivity contribution in [1.82, 2.24) is 4.72 Å². The van der Waals surface area contributed by atoms with Gasteiger partial charge in [-0.25, -0.2) is 21.9 Å². The van der Waals surface area contributed by atoms with Crippen molar-refractivity contribution in [1.29, 1.82) is 0 Å². The number of rotatable bonds is 4. The summed E-state index contributed by atoms with van der Waals surface area (Å²) in [5.74, 6) is 5.17. The predicted molar refractivity (Wildman–Crippen MR) is 68.3 cm³/mol. The summed E-state index contributed by atoms with van der Waals surface area (Å²) in [4.78, 5) is -0.125. The number of halogens is 2. The number of benzene rings is 1. The Morgan fingerprint density at radius 2 is 2.11 bits per heavy atom. The van der Waals surface area contributed by atoms with Crippen LogP contribution in [0.5, 0.6) is 0 Å². The molecule has 0 fully saturated rings. The highest BCUT2D eigenvalue weighted by atomic mass is 32.2. The average molecular weight is 288 g/mol. The zero-order valence-corrected chi connectivity index (χ0v) is 11.1. The second-order valence-electron chi connectivity index (χ2n) is 3.75. The van der Waals surface area contributed by atoms with E-state index in [1.54, 1.807) is 19.1 Å². The molecule has 0 aliphatic rings. The van der Waals surface area contributed by atoms with Crippen LogP contribution < -0.4 is 10.5 Å². The van der Waals surface area contributed by atoms with Crippen LogP contribution in [0, 0.1) is 18.8 Å². The first kappa shape index (κ1) is 15.6. The van der Waals surface area contributed by atoms with Crippen LogP contribution in [-0.2, 0) is 10.0 Å². The maximum absolute atomic E-state index is 12.1. The van der Waals surface area contributed by atoms with Crippen molar-refractivity contribution in [2.75, 3.05) is 13.1 Å². The lowest BCUT2D eigenvalue weighted by molar-refractivity contribution is 0.153. The van der Waals surface area contributed by atoms with Crippen LogP contribution in [0.2, 0.25) is 0 Å². The van der Waals surface area contributed by atoms with Crippen LogP contribution in [0.3, 0.4) is 0 Å². The van der Waals surface area contributed by atoms with E-state index >= 15 is 0 Å². The van der Waals surface area contributed by atoms with Crippen LogP contribution in [-0.4, -0.2) is 27.9 Å². The molecule has 0 aliphatic carbocycles. The smallest absolute Gasteiger partial charge is 0.251 e. The predicted octanol–water partition coefficient (Wildman–Crippen LogP) is 0.849. The number of sulfonamides is 1. The standard InChI is InChI=1S/C12H14F2N2O2S/c1-9-4-5-11(10(7-9)3-2-6-15)19(17,18)16-8-12(13)14/h4-5,7,12,16H,6,8,15H2,1H3. The molecule has 4 nitrogen and oxygen atoms in total. The summed E-state index contributed by atoms with van der Waals surface area (Å²) in [5.41, 5.74) is 6.29. The molecule has 0 amide bonds. The Morgan fingerprint density at radius 3 is 2.68 bits per heavy atom. The molecule has 19 heavy (non-hydrogen) atoms. The number of hydrogen-bond donors (Lipinski definition) is 2. The first-order valence-corrected chi connectivity index (χ1v) is 6.92. The monoisotopic (exact) mass is 288 g/mol. The summed E-state index contributed by atoms with van der Waals surface area (Å²) in [6, 6.07) is 4.48. The van der Waals surface area contributed by atoms with E-state index in [0.29, 0.717) is 0 Å². The van der Waals surface area contributed by atoms with Gasteiger partial charge in [-0.15, -0.1) is 0 Å². The third-order valence-corrected chi connectivity index (χ3v) is 3.66. The fourth-order valence-corrected chi connectivity index (χ4v) is 2.52. The van der Waals surface area contributed by atoms with Gasteiger partial charge in [0, 0.05) is 5.56 Å². The average Bonchev–Trinajstić information content (AvgIpc) is 2.34. The first-order chi connectivity index (χ1) is 8.86. The highest BCUT2D eigenvalue weighted by molar-refractivity contribution is 7.89. The molecule has 0 saturated heterocycles. The molecule has 0 atom stereocenters. The molecule has 0 spiro atoms. The number of aryl methyl sites for hydroxylation is 1. The lowest BCUT2D eigenvalue weighted by Crippen LogP contribution is -2.29. The van der Waals surface area contributed by atoms with Crippen LogP contribution in [0.1, 0.15) is 11.1 Å². The molecule has 0 unspecified atom stereocenters. The van der Waals surface area contributed by atoms with E-state index in [-0.39, 0.29) is 17.0 Å². The molecule has 1 rings (SSSR count). The highest BCUT2D eigenvalue weighted by Crippen LogP contribution is 2.16. The van der Waals surface area contributed by atoms with Gasteiger partial charge >= 0.3 is 0 Å². The van der Waals surface area contributed by atoms with Gasteiger partial charge in [-0.2, -0.15) is 0 Å². The minimum atomic E-state index is -4.01. The Labute approximate surface area is 111 Å². The molecule has 7 heteroatoms. The second kappa shape index (κ2) is 6.61. The van der Waals surface area contributed by atoms with Gasteiger partial charge in [0.05, 0.1) is 18.0 Å². The van der Waals surface area contributed by atoms with Crippen LogP contribution in [0.4, 0.5) is 8.78 Å². The molecule has 0 bridgehead atoms. The molecule has 104 valence electrons. The molecule has 0 aliphatic heterocycles. The zero-order chi connectivity index (χ0) is 14.5. The second-order valence-corrected chi connectivity index (χ2v) is 5.48. The van der Waals surface area contributed by atoms with E-state index in [4.69, 9.17) is 5.73 Å². The van der Waals surface area contributed by atoms with Crippen LogP contribution >= 0.6 is 0 Å². The summed E-state index contributed by atoms with van der Waals surface area (Å²) in [7, 11) is -4.01. The Bertz CT molecular complexity index is 604. The van der Waals surface area contributed by atoms with E-state index in [0.717, 1.165) is 5.56 Å². The van der Waals surface area contributed by atoms with E-state index in [1.165, 1.54) is 6.07 Å². The summed E-state index contributed by atoms with van der Waals surface area (Å²) < 4.78 is 49.8. The molecule has 0 aromatic heterocycles. The van der Waals surface area contributed by atoms with Crippen LogP contribution in [0.15, 0.2) is 23.1 Å². The van der Waals surface area contributed by atoms with E-state index in [1.807, 2.05) is 4.72 Å². The lowest BCUT2D eigenvalue weighted by atomic mass is 10.1. The minimum Gasteiger partial charge on any atom is -0.320 e. The first-order valence-electron chi connectivity index (χ1n) is 5.44. The van der Waals surface area contributed by atoms with E-state index in [9.17, 15) is 17.2 Å². The van der Waals surface area contributed by atoms with Crippen molar-refractivity contribution in [3.8, 4) is 11.8 Å². The topological polar surface area (TPSA) is 72.2 Å². The van der Waals surface area contributed by atoms with Crippen molar-refractivity contribution in [2.45, 2.75) is 18.2 Å². The molecule has 1 aromatic rings. The van der Waals surface area contributed by atoms with Gasteiger partial charge in [0.15, 0.2) is 0 Å². The Morgan fingerprint density at radius 1 is 1.42 bits per heavy atom. The van der Waals surface area contributed by atoms with Crippen molar-refractivity contribution in [3.05, 3.63) is 29.3 Å². The van der Waals surface area contributed by atoms with Crippen LogP contribution in [0.25, 0.3) is 0 Å². The number of alkyl halides is 2. The molecular weight excluding hydrogens is 274 g/mol. The van der Waals surface area contributed by atoms with Gasteiger partial charge in [0.2, 0.25) is 10.0 Å². The fourth-order valence-electron chi connectivity index (χ4n) is 1.37. The quantitative estimate of drug-likeness (QED) is 0.807. The third kappa shape index (κ3) is 4.59. The van der Waals surface area contributed by atoms with Gasteiger partial charge in [-0.05, 0) is 24.6 Å². The number of nitrogens with one attached hydrogen (secondary N) is 1. The van der Waals surface area contributed by atoms with Gasteiger partial charge in [0.1, 0.15) is 0 Å². The number of hydrogen-bond acceptors (Lipinski definition) is 3. The lowest BCUT2D eigenvalue weighted by Gasteiger charge is -2.09.